The zero-order valence-electron chi connectivity index (χ0n) is 17.0. The zero-order chi connectivity index (χ0) is 22.0. The van der Waals surface area contributed by atoms with Gasteiger partial charge in [-0.2, -0.15) is 0 Å². The first-order valence-electron chi connectivity index (χ1n) is 10.2. The molecule has 0 heterocycles. The van der Waals surface area contributed by atoms with Gasteiger partial charge < -0.3 is 16.0 Å². The van der Waals surface area contributed by atoms with E-state index in [-0.39, 0.29) is 11.0 Å². The third kappa shape index (κ3) is 8.46. The molecule has 0 spiro atoms. The first-order valence-corrected chi connectivity index (χ1v) is 11.8. The first-order chi connectivity index (χ1) is 14.3. The lowest BCUT2D eigenvalue weighted by molar-refractivity contribution is -0.122. The molecule has 3 N–H and O–H groups in total. The van der Waals surface area contributed by atoms with E-state index in [0.717, 1.165) is 35.7 Å². The van der Waals surface area contributed by atoms with Crippen LogP contribution < -0.4 is 16.0 Å². The van der Waals surface area contributed by atoms with Crippen LogP contribution >= 0.6 is 47.0 Å². The van der Waals surface area contributed by atoms with E-state index in [1.165, 1.54) is 19.3 Å². The number of fused-ring (bicyclic) bond motifs is 1. The summed E-state index contributed by atoms with van der Waals surface area (Å²) in [5.74, 6) is -0.178. The largest absolute Gasteiger partial charge is 0.339 e. The summed E-state index contributed by atoms with van der Waals surface area (Å²) in [5.41, 5.74) is 0.826. The van der Waals surface area contributed by atoms with Crippen LogP contribution in [-0.2, 0) is 4.79 Å². The molecule has 2 rings (SSSR count). The van der Waals surface area contributed by atoms with Gasteiger partial charge in [0.25, 0.3) is 0 Å². The predicted molar refractivity (Wildman–Crippen MR) is 134 cm³/mol. The Hall–Kier alpha value is -1.27. The Morgan fingerprint density at radius 2 is 1.63 bits per heavy atom. The molecule has 4 nitrogen and oxygen atoms in total. The number of nitrogens with one attached hydrogen (secondary N) is 3. The molecule has 30 heavy (non-hydrogen) atoms. The molecular weight excluding hydrogens is 461 g/mol. The topological polar surface area (TPSA) is 53.2 Å². The number of hydrogen-bond donors (Lipinski definition) is 3. The minimum atomic E-state index is -1.76. The van der Waals surface area contributed by atoms with Crippen LogP contribution in [0.25, 0.3) is 10.8 Å². The molecular formula is C22H28Cl3N3OS. The summed E-state index contributed by atoms with van der Waals surface area (Å²) in [6, 6.07) is 13.8. The summed E-state index contributed by atoms with van der Waals surface area (Å²) in [7, 11) is 0. The molecule has 1 amide bonds. The molecule has 0 radical (unpaired) electrons. The van der Waals surface area contributed by atoms with Crippen molar-refractivity contribution in [2.24, 2.45) is 0 Å². The van der Waals surface area contributed by atoms with Crippen molar-refractivity contribution in [2.45, 2.75) is 61.8 Å². The fraction of sp³-hybridized carbons (Fsp3) is 0.455. The smallest absolute Gasteiger partial charge is 0.228 e. The number of amides is 1. The third-order valence-electron chi connectivity index (χ3n) is 4.70. The van der Waals surface area contributed by atoms with Gasteiger partial charge in [-0.05, 0) is 30.1 Å². The predicted octanol–water partition coefficient (Wildman–Crippen LogP) is 6.69. The molecule has 0 saturated carbocycles. The van der Waals surface area contributed by atoms with Gasteiger partial charge in [-0.3, -0.25) is 4.79 Å². The number of rotatable bonds is 10. The fourth-order valence-corrected chi connectivity index (χ4v) is 3.68. The van der Waals surface area contributed by atoms with Gasteiger partial charge in [0, 0.05) is 17.5 Å². The van der Waals surface area contributed by atoms with Crippen molar-refractivity contribution in [3.8, 4) is 0 Å². The van der Waals surface area contributed by atoms with Crippen molar-refractivity contribution in [2.75, 3.05) is 5.32 Å². The van der Waals surface area contributed by atoms with Crippen molar-refractivity contribution in [1.29, 1.82) is 0 Å². The number of anilines is 1. The van der Waals surface area contributed by atoms with Crippen LogP contribution in [0.15, 0.2) is 42.5 Å². The second kappa shape index (κ2) is 12.6. The Kier molecular flexibility index (Phi) is 10.5. The molecule has 0 aromatic heterocycles. The minimum absolute atomic E-state index is 0.178. The van der Waals surface area contributed by atoms with Gasteiger partial charge in [0.2, 0.25) is 9.70 Å². The van der Waals surface area contributed by atoms with Crippen molar-refractivity contribution in [3.05, 3.63) is 42.5 Å². The highest BCUT2D eigenvalue weighted by molar-refractivity contribution is 7.80. The molecule has 164 valence electrons. The van der Waals surface area contributed by atoms with Gasteiger partial charge in [0.15, 0.2) is 5.11 Å². The molecule has 2 aromatic rings. The van der Waals surface area contributed by atoms with Crippen LogP contribution in [0.3, 0.4) is 0 Å². The average molecular weight is 489 g/mol. The molecule has 1 atom stereocenters. The molecule has 2 aromatic carbocycles. The molecule has 0 unspecified atom stereocenters. The molecule has 0 aliphatic rings. The van der Waals surface area contributed by atoms with Crippen LogP contribution in [0.4, 0.5) is 5.69 Å². The highest BCUT2D eigenvalue weighted by Gasteiger charge is 2.34. The van der Waals surface area contributed by atoms with Crippen LogP contribution in [0.5, 0.6) is 0 Å². The normalized spacial score (nSPS) is 12.4. The number of benzene rings is 2. The summed E-state index contributed by atoms with van der Waals surface area (Å²) in [5, 5.41) is 11.1. The lowest BCUT2D eigenvalue weighted by Gasteiger charge is -2.28. The van der Waals surface area contributed by atoms with E-state index in [9.17, 15) is 4.79 Å². The Bertz CT molecular complexity index is 836. The van der Waals surface area contributed by atoms with Crippen molar-refractivity contribution in [1.82, 2.24) is 10.6 Å². The van der Waals surface area contributed by atoms with Gasteiger partial charge in [0.05, 0.1) is 0 Å². The van der Waals surface area contributed by atoms with Crippen molar-refractivity contribution < 1.29 is 4.79 Å². The summed E-state index contributed by atoms with van der Waals surface area (Å²) >= 11 is 23.6. The third-order valence-corrected chi connectivity index (χ3v) is 5.58. The number of unbranched alkanes of at least 4 members (excludes halogenated alkanes) is 5. The maximum absolute atomic E-state index is 12.3. The zero-order valence-corrected chi connectivity index (χ0v) is 20.1. The molecule has 0 aliphatic carbocycles. The SMILES string of the molecule is CCCCCCCCC(=O)N[C@@H](NC(=S)Nc1cccc2ccccc12)C(Cl)(Cl)Cl. The number of hydrogen-bond acceptors (Lipinski definition) is 2. The highest BCUT2D eigenvalue weighted by Crippen LogP contribution is 2.29. The number of carbonyl (C=O) groups excluding carboxylic acids is 1. The first kappa shape index (κ1) is 25.0. The van der Waals surface area contributed by atoms with E-state index in [1.807, 2.05) is 42.5 Å². The Morgan fingerprint density at radius 1 is 0.967 bits per heavy atom. The van der Waals surface area contributed by atoms with Gasteiger partial charge in [-0.25, -0.2) is 0 Å². The van der Waals surface area contributed by atoms with E-state index >= 15 is 0 Å². The number of alkyl halides is 3. The van der Waals surface area contributed by atoms with Crippen molar-refractivity contribution in [3.63, 3.8) is 0 Å². The Morgan fingerprint density at radius 3 is 2.37 bits per heavy atom. The monoisotopic (exact) mass is 487 g/mol. The van der Waals surface area contributed by atoms with Crippen LogP contribution in [0.2, 0.25) is 0 Å². The Labute approximate surface area is 199 Å². The van der Waals surface area contributed by atoms with E-state index < -0.39 is 9.96 Å². The molecule has 0 bridgehead atoms. The van der Waals surface area contributed by atoms with E-state index in [4.69, 9.17) is 47.0 Å². The fourth-order valence-electron chi connectivity index (χ4n) is 3.12. The van der Waals surface area contributed by atoms with Crippen molar-refractivity contribution >= 4 is 74.5 Å². The van der Waals surface area contributed by atoms with E-state index in [2.05, 4.69) is 22.9 Å². The maximum atomic E-state index is 12.3. The molecule has 8 heteroatoms. The van der Waals surface area contributed by atoms with Crippen LogP contribution in [0.1, 0.15) is 51.9 Å². The summed E-state index contributed by atoms with van der Waals surface area (Å²) < 4.78 is -1.76. The quantitative estimate of drug-likeness (QED) is 0.151. The molecule has 0 fully saturated rings. The highest BCUT2D eigenvalue weighted by atomic mass is 35.6. The van der Waals surface area contributed by atoms with Crippen LogP contribution in [-0.4, -0.2) is 21.0 Å². The second-order valence-electron chi connectivity index (χ2n) is 7.19. The molecule has 0 aliphatic heterocycles. The minimum Gasteiger partial charge on any atom is -0.339 e. The van der Waals surface area contributed by atoms with E-state index in [1.54, 1.807) is 0 Å². The summed E-state index contributed by atoms with van der Waals surface area (Å²) in [6.45, 7) is 2.18. The summed E-state index contributed by atoms with van der Waals surface area (Å²) in [6.07, 6.45) is 6.01. The average Bonchev–Trinajstić information content (AvgIpc) is 2.70. The maximum Gasteiger partial charge on any atom is 0.228 e. The van der Waals surface area contributed by atoms with Crippen LogP contribution in [0, 0.1) is 0 Å². The second-order valence-corrected chi connectivity index (χ2v) is 9.96. The van der Waals surface area contributed by atoms with Gasteiger partial charge >= 0.3 is 0 Å². The van der Waals surface area contributed by atoms with Gasteiger partial charge in [0.1, 0.15) is 6.17 Å². The summed E-state index contributed by atoms with van der Waals surface area (Å²) in [4.78, 5) is 12.3. The van der Waals surface area contributed by atoms with Gasteiger partial charge in [-0.15, -0.1) is 0 Å². The number of halogens is 3. The molecule has 0 saturated heterocycles. The standard InChI is InChI=1S/C22H28Cl3N3OS/c1-2-3-4-5-6-7-15-19(29)27-20(22(23,24)25)28-21(30)26-18-14-10-12-16-11-8-9-13-17(16)18/h8-14,20H,2-7,15H2,1H3,(H,27,29)(H2,26,28,30)/t20-/m0/s1. The number of thiocarbonyl (C=S) groups is 1. The van der Waals surface area contributed by atoms with Gasteiger partial charge in [-0.1, -0.05) is 110 Å². The lowest BCUT2D eigenvalue weighted by atomic mass is 10.1. The van der Waals surface area contributed by atoms with E-state index in [0.29, 0.717) is 6.42 Å². The lowest BCUT2D eigenvalue weighted by Crippen LogP contribution is -2.56. The number of carbonyl (C=O) groups is 1. The Balaban J connectivity index is 1.91.